The molecule has 1 aliphatic rings. The van der Waals surface area contributed by atoms with Crippen molar-refractivity contribution in [3.8, 4) is 0 Å². The lowest BCUT2D eigenvalue weighted by atomic mass is 10.3. The van der Waals surface area contributed by atoms with E-state index in [2.05, 4.69) is 4.90 Å². The molecule has 0 aliphatic carbocycles. The number of rotatable bonds is 3. The maximum Gasteiger partial charge on any atom is 0.0918 e. The monoisotopic (exact) mass is 189 g/mol. The summed E-state index contributed by atoms with van der Waals surface area (Å²) in [7, 11) is -0.602. The number of hydrogen-bond donors (Lipinski definition) is 2. The zero-order valence-electron chi connectivity index (χ0n) is 7.08. The Hall–Kier alpha value is -0.420. The third-order valence-electron chi connectivity index (χ3n) is 1.97. The number of amidine groups is 1. The molecule has 1 rings (SSSR count). The van der Waals surface area contributed by atoms with E-state index in [1.165, 1.54) is 0 Å². The fourth-order valence-electron chi connectivity index (χ4n) is 1.18. The highest BCUT2D eigenvalue weighted by molar-refractivity contribution is 7.85. The van der Waals surface area contributed by atoms with Crippen LogP contribution in [-0.4, -0.2) is 46.1 Å². The fraction of sp³-hybridized carbons (Fsp3) is 0.857. The fourth-order valence-corrected chi connectivity index (χ4v) is 2.31. The maximum absolute atomic E-state index is 11.0. The van der Waals surface area contributed by atoms with Crippen molar-refractivity contribution < 1.29 is 4.21 Å². The minimum Gasteiger partial charge on any atom is -0.388 e. The Balaban J connectivity index is 2.17. The van der Waals surface area contributed by atoms with Gasteiger partial charge in [0.05, 0.1) is 5.84 Å². The Morgan fingerprint density at radius 2 is 2.08 bits per heavy atom. The van der Waals surface area contributed by atoms with Crippen LogP contribution >= 0.6 is 0 Å². The Bertz CT molecular complexity index is 185. The second-order valence-corrected chi connectivity index (χ2v) is 4.66. The molecule has 1 aliphatic heterocycles. The van der Waals surface area contributed by atoms with Gasteiger partial charge in [-0.15, -0.1) is 0 Å². The molecule has 3 N–H and O–H groups in total. The molecule has 1 fully saturated rings. The zero-order valence-corrected chi connectivity index (χ0v) is 7.90. The van der Waals surface area contributed by atoms with Crippen molar-refractivity contribution in [2.75, 3.05) is 31.1 Å². The first-order valence-electron chi connectivity index (χ1n) is 4.08. The highest BCUT2D eigenvalue weighted by Gasteiger charge is 2.14. The van der Waals surface area contributed by atoms with Crippen LogP contribution in [-0.2, 0) is 10.8 Å². The lowest BCUT2D eigenvalue weighted by Gasteiger charge is -2.25. The first-order chi connectivity index (χ1) is 5.68. The maximum atomic E-state index is 11.0. The van der Waals surface area contributed by atoms with Gasteiger partial charge in [-0.1, -0.05) is 0 Å². The highest BCUT2D eigenvalue weighted by atomic mass is 32.2. The van der Waals surface area contributed by atoms with Crippen molar-refractivity contribution in [3.63, 3.8) is 0 Å². The van der Waals surface area contributed by atoms with Crippen LogP contribution in [0.1, 0.15) is 6.42 Å². The van der Waals surface area contributed by atoms with Gasteiger partial charge in [0.1, 0.15) is 0 Å². The summed E-state index contributed by atoms with van der Waals surface area (Å²) in [5.41, 5.74) is 5.23. The van der Waals surface area contributed by atoms with Crippen LogP contribution in [0.15, 0.2) is 0 Å². The molecule has 70 valence electrons. The largest absolute Gasteiger partial charge is 0.388 e. The van der Waals surface area contributed by atoms with Gasteiger partial charge < -0.3 is 10.6 Å². The molecule has 12 heavy (non-hydrogen) atoms. The van der Waals surface area contributed by atoms with Crippen molar-refractivity contribution in [1.82, 2.24) is 4.90 Å². The quantitative estimate of drug-likeness (QED) is 0.459. The summed E-state index contributed by atoms with van der Waals surface area (Å²) in [6.45, 7) is 2.62. The number of nitrogens with two attached hydrogens (primary N) is 1. The summed E-state index contributed by atoms with van der Waals surface area (Å²) in [4.78, 5) is 2.21. The van der Waals surface area contributed by atoms with Crippen LogP contribution in [0.25, 0.3) is 0 Å². The topological polar surface area (TPSA) is 70.2 Å². The van der Waals surface area contributed by atoms with E-state index >= 15 is 0 Å². The molecule has 0 amide bonds. The number of nitrogens with zero attached hydrogens (tertiary/aromatic N) is 1. The number of nitrogens with one attached hydrogen (secondary N) is 1. The van der Waals surface area contributed by atoms with Gasteiger partial charge in [-0.25, -0.2) is 0 Å². The van der Waals surface area contributed by atoms with E-state index in [9.17, 15) is 4.21 Å². The molecule has 0 radical (unpaired) electrons. The average Bonchev–Trinajstić information content (AvgIpc) is 2.03. The molecule has 0 spiro atoms. The van der Waals surface area contributed by atoms with E-state index in [1.807, 2.05) is 0 Å². The molecule has 0 aromatic heterocycles. The Morgan fingerprint density at radius 1 is 1.50 bits per heavy atom. The van der Waals surface area contributed by atoms with Crippen molar-refractivity contribution in [3.05, 3.63) is 0 Å². The van der Waals surface area contributed by atoms with Gasteiger partial charge in [-0.2, -0.15) is 0 Å². The summed E-state index contributed by atoms with van der Waals surface area (Å²) < 4.78 is 11.0. The van der Waals surface area contributed by atoms with Gasteiger partial charge in [0.2, 0.25) is 0 Å². The average molecular weight is 189 g/mol. The SMILES string of the molecule is N=C(N)CCN1CCS(=O)CC1. The molecule has 0 aromatic carbocycles. The Labute approximate surface area is 75.1 Å². The highest BCUT2D eigenvalue weighted by Crippen LogP contribution is 2.00. The predicted octanol–water partition coefficient (Wildman–Crippen LogP) is -0.623. The smallest absolute Gasteiger partial charge is 0.0918 e. The minimum atomic E-state index is -0.602. The molecule has 5 heteroatoms. The molecular weight excluding hydrogens is 174 g/mol. The molecule has 0 bridgehead atoms. The summed E-state index contributed by atoms with van der Waals surface area (Å²) in [5, 5.41) is 7.04. The normalized spacial score (nSPS) is 21.0. The van der Waals surface area contributed by atoms with E-state index in [-0.39, 0.29) is 5.84 Å². The van der Waals surface area contributed by atoms with Crippen LogP contribution < -0.4 is 5.73 Å². The van der Waals surface area contributed by atoms with Gasteiger partial charge in [0.15, 0.2) is 0 Å². The van der Waals surface area contributed by atoms with Gasteiger partial charge in [0, 0.05) is 48.4 Å². The summed E-state index contributed by atoms with van der Waals surface area (Å²) >= 11 is 0. The molecule has 1 heterocycles. The third-order valence-corrected chi connectivity index (χ3v) is 3.24. The first-order valence-corrected chi connectivity index (χ1v) is 5.57. The van der Waals surface area contributed by atoms with Crippen LogP contribution in [0.2, 0.25) is 0 Å². The minimum absolute atomic E-state index is 0.238. The van der Waals surface area contributed by atoms with Crippen molar-refractivity contribution in [2.24, 2.45) is 5.73 Å². The summed E-state index contributed by atoms with van der Waals surface area (Å²) in [5.74, 6) is 1.79. The summed E-state index contributed by atoms with van der Waals surface area (Å²) in [6.07, 6.45) is 0.632. The Kier molecular flexibility index (Phi) is 3.68. The standard InChI is InChI=1S/C7H15N3OS/c8-7(9)1-2-10-3-5-12(11)6-4-10/h1-6H2,(H3,8,9). The van der Waals surface area contributed by atoms with E-state index in [4.69, 9.17) is 11.1 Å². The molecule has 0 saturated carbocycles. The van der Waals surface area contributed by atoms with Gasteiger partial charge in [-0.05, 0) is 0 Å². The van der Waals surface area contributed by atoms with Crippen LogP contribution in [0, 0.1) is 5.41 Å². The first kappa shape index (κ1) is 9.67. The third kappa shape index (κ3) is 3.32. The van der Waals surface area contributed by atoms with Gasteiger partial charge in [0.25, 0.3) is 0 Å². The second-order valence-electron chi connectivity index (χ2n) is 2.96. The summed E-state index contributed by atoms with van der Waals surface area (Å²) in [6, 6.07) is 0. The molecule has 0 aromatic rings. The molecule has 0 atom stereocenters. The lowest BCUT2D eigenvalue weighted by molar-refractivity contribution is 0.308. The van der Waals surface area contributed by atoms with E-state index in [0.29, 0.717) is 6.42 Å². The Morgan fingerprint density at radius 3 is 2.58 bits per heavy atom. The van der Waals surface area contributed by atoms with Crippen LogP contribution in [0.5, 0.6) is 0 Å². The predicted molar refractivity (Wildman–Crippen MR) is 50.8 cm³/mol. The molecule has 1 saturated heterocycles. The van der Waals surface area contributed by atoms with E-state index in [1.54, 1.807) is 0 Å². The molecule has 0 unspecified atom stereocenters. The second kappa shape index (κ2) is 4.57. The van der Waals surface area contributed by atoms with Crippen molar-refractivity contribution in [1.29, 1.82) is 5.41 Å². The van der Waals surface area contributed by atoms with Gasteiger partial charge in [-0.3, -0.25) is 9.62 Å². The number of hydrogen-bond acceptors (Lipinski definition) is 3. The van der Waals surface area contributed by atoms with Crippen molar-refractivity contribution in [2.45, 2.75) is 6.42 Å². The zero-order chi connectivity index (χ0) is 8.97. The lowest BCUT2D eigenvalue weighted by Crippen LogP contribution is -2.39. The van der Waals surface area contributed by atoms with E-state index < -0.39 is 10.8 Å². The molecular formula is C7H15N3OS. The van der Waals surface area contributed by atoms with Gasteiger partial charge >= 0.3 is 0 Å². The molecule has 4 nitrogen and oxygen atoms in total. The van der Waals surface area contributed by atoms with E-state index in [0.717, 1.165) is 31.1 Å². The van der Waals surface area contributed by atoms with Crippen LogP contribution in [0.3, 0.4) is 0 Å². The van der Waals surface area contributed by atoms with Crippen molar-refractivity contribution >= 4 is 16.6 Å². The van der Waals surface area contributed by atoms with Crippen LogP contribution in [0.4, 0.5) is 0 Å².